The molecule has 0 saturated carbocycles. The van der Waals surface area contributed by atoms with Gasteiger partial charge in [0, 0.05) is 26.1 Å². The number of unbranched alkanes of at least 4 members (excludes halogenated alkanes) is 1. The first-order valence-electron chi connectivity index (χ1n) is 6.43. The standard InChI is InChI=1S/C12H22N2O4/c1-9-8-14(7-5-10(9)15)12(18)13-6-3-2-4-11(16)17/h9-10,15H,2-8H2,1H3,(H,13,18)(H,16,17). The van der Waals surface area contributed by atoms with Crippen LogP contribution in [0.25, 0.3) is 0 Å². The number of carboxylic acid groups (broad SMARTS) is 1. The molecule has 0 aromatic rings. The Bertz CT molecular complexity index is 296. The number of aliphatic carboxylic acids is 1. The minimum atomic E-state index is -0.805. The average Bonchev–Trinajstić information content (AvgIpc) is 2.31. The molecule has 2 unspecified atom stereocenters. The van der Waals surface area contributed by atoms with Crippen LogP contribution in [0.5, 0.6) is 0 Å². The van der Waals surface area contributed by atoms with Crippen molar-refractivity contribution in [3.05, 3.63) is 0 Å². The van der Waals surface area contributed by atoms with E-state index in [9.17, 15) is 14.7 Å². The van der Waals surface area contributed by atoms with Crippen molar-refractivity contribution in [3.8, 4) is 0 Å². The number of aliphatic hydroxyl groups is 1. The number of carbonyl (C=O) groups is 2. The van der Waals surface area contributed by atoms with Gasteiger partial charge >= 0.3 is 12.0 Å². The van der Waals surface area contributed by atoms with E-state index in [0.29, 0.717) is 38.9 Å². The predicted octanol–water partition coefficient (Wildman–Crippen LogP) is 0.654. The predicted molar refractivity (Wildman–Crippen MR) is 66.2 cm³/mol. The number of amides is 2. The molecular weight excluding hydrogens is 236 g/mol. The highest BCUT2D eigenvalue weighted by atomic mass is 16.4. The Balaban J connectivity index is 2.15. The maximum atomic E-state index is 11.8. The molecule has 6 nitrogen and oxygen atoms in total. The highest BCUT2D eigenvalue weighted by molar-refractivity contribution is 5.74. The van der Waals surface area contributed by atoms with Crippen molar-refractivity contribution in [3.63, 3.8) is 0 Å². The quantitative estimate of drug-likeness (QED) is 0.632. The van der Waals surface area contributed by atoms with Gasteiger partial charge in [-0.25, -0.2) is 4.79 Å². The third kappa shape index (κ3) is 4.91. The largest absolute Gasteiger partial charge is 0.481 e. The Morgan fingerprint density at radius 1 is 1.39 bits per heavy atom. The molecule has 18 heavy (non-hydrogen) atoms. The molecule has 0 spiro atoms. The zero-order chi connectivity index (χ0) is 13.5. The van der Waals surface area contributed by atoms with Crippen LogP contribution in [0.15, 0.2) is 0 Å². The number of aliphatic hydroxyl groups excluding tert-OH is 1. The molecule has 104 valence electrons. The normalized spacial score (nSPS) is 23.8. The maximum Gasteiger partial charge on any atom is 0.317 e. The first-order chi connectivity index (χ1) is 8.50. The second-order valence-electron chi connectivity index (χ2n) is 4.86. The number of hydrogen-bond donors (Lipinski definition) is 3. The molecule has 0 radical (unpaired) electrons. The summed E-state index contributed by atoms with van der Waals surface area (Å²) in [6, 6.07) is -0.121. The molecule has 1 saturated heterocycles. The Morgan fingerprint density at radius 3 is 2.72 bits per heavy atom. The van der Waals surface area contributed by atoms with Crippen molar-refractivity contribution in [1.29, 1.82) is 0 Å². The maximum absolute atomic E-state index is 11.8. The second kappa shape index (κ2) is 7.20. The number of hydrogen-bond acceptors (Lipinski definition) is 3. The van der Waals surface area contributed by atoms with Gasteiger partial charge in [-0.3, -0.25) is 4.79 Å². The van der Waals surface area contributed by atoms with Gasteiger partial charge in [0.15, 0.2) is 0 Å². The Kier molecular flexibility index (Phi) is 5.91. The fraction of sp³-hybridized carbons (Fsp3) is 0.833. The van der Waals surface area contributed by atoms with E-state index in [2.05, 4.69) is 5.32 Å². The molecular formula is C12H22N2O4. The second-order valence-corrected chi connectivity index (χ2v) is 4.86. The minimum absolute atomic E-state index is 0.108. The van der Waals surface area contributed by atoms with E-state index < -0.39 is 5.97 Å². The lowest BCUT2D eigenvalue weighted by Crippen LogP contribution is -2.49. The highest BCUT2D eigenvalue weighted by Crippen LogP contribution is 2.16. The lowest BCUT2D eigenvalue weighted by atomic mass is 9.97. The Labute approximate surface area is 107 Å². The van der Waals surface area contributed by atoms with Crippen LogP contribution in [0.1, 0.15) is 32.6 Å². The van der Waals surface area contributed by atoms with Crippen LogP contribution < -0.4 is 5.32 Å². The number of nitrogens with one attached hydrogen (secondary N) is 1. The van der Waals surface area contributed by atoms with Crippen LogP contribution >= 0.6 is 0 Å². The number of nitrogens with zero attached hydrogens (tertiary/aromatic N) is 1. The van der Waals surface area contributed by atoms with Gasteiger partial charge in [-0.2, -0.15) is 0 Å². The van der Waals surface area contributed by atoms with E-state index in [4.69, 9.17) is 5.11 Å². The van der Waals surface area contributed by atoms with E-state index in [1.165, 1.54) is 0 Å². The summed E-state index contributed by atoms with van der Waals surface area (Å²) >= 11 is 0. The Morgan fingerprint density at radius 2 is 2.11 bits per heavy atom. The Hall–Kier alpha value is -1.30. The van der Waals surface area contributed by atoms with Gasteiger partial charge in [0.2, 0.25) is 0 Å². The molecule has 6 heteroatoms. The van der Waals surface area contributed by atoms with Crippen LogP contribution in [0.2, 0.25) is 0 Å². The minimum Gasteiger partial charge on any atom is -0.481 e. The number of rotatable bonds is 5. The molecule has 0 bridgehead atoms. The van der Waals surface area contributed by atoms with Gasteiger partial charge in [0.05, 0.1) is 6.10 Å². The molecule has 1 aliphatic heterocycles. The number of carbonyl (C=O) groups excluding carboxylic acids is 1. The summed E-state index contributed by atoms with van der Waals surface area (Å²) in [5, 5.41) is 20.8. The van der Waals surface area contributed by atoms with Crippen LogP contribution in [-0.4, -0.2) is 52.9 Å². The zero-order valence-electron chi connectivity index (χ0n) is 10.8. The SMILES string of the molecule is CC1CN(C(=O)NCCCCC(=O)O)CCC1O. The molecule has 0 aromatic carbocycles. The van der Waals surface area contributed by atoms with Crippen molar-refractivity contribution >= 4 is 12.0 Å². The topological polar surface area (TPSA) is 89.9 Å². The van der Waals surface area contributed by atoms with E-state index >= 15 is 0 Å². The lowest BCUT2D eigenvalue weighted by Gasteiger charge is -2.34. The van der Waals surface area contributed by atoms with E-state index in [1.54, 1.807) is 4.90 Å². The molecule has 1 fully saturated rings. The third-order valence-electron chi connectivity index (χ3n) is 3.24. The van der Waals surface area contributed by atoms with Gasteiger partial charge in [-0.1, -0.05) is 6.92 Å². The molecule has 1 heterocycles. The van der Waals surface area contributed by atoms with E-state index in [-0.39, 0.29) is 24.5 Å². The summed E-state index contributed by atoms with van der Waals surface area (Å²) in [5.74, 6) is -0.698. The summed E-state index contributed by atoms with van der Waals surface area (Å²) in [4.78, 5) is 23.8. The third-order valence-corrected chi connectivity index (χ3v) is 3.24. The summed E-state index contributed by atoms with van der Waals surface area (Å²) in [6.07, 6.45) is 1.69. The molecule has 1 rings (SSSR count). The number of likely N-dealkylation sites (tertiary alicyclic amines) is 1. The zero-order valence-corrected chi connectivity index (χ0v) is 10.8. The smallest absolute Gasteiger partial charge is 0.317 e. The van der Waals surface area contributed by atoms with Gasteiger partial charge in [0.25, 0.3) is 0 Å². The molecule has 1 aliphatic rings. The summed E-state index contributed by atoms with van der Waals surface area (Å²) in [5.41, 5.74) is 0. The van der Waals surface area contributed by atoms with Crippen LogP contribution in [-0.2, 0) is 4.79 Å². The summed E-state index contributed by atoms with van der Waals surface area (Å²) in [7, 11) is 0. The molecule has 3 N–H and O–H groups in total. The van der Waals surface area contributed by atoms with E-state index in [1.807, 2.05) is 6.92 Å². The van der Waals surface area contributed by atoms with Crippen molar-refractivity contribution in [2.24, 2.45) is 5.92 Å². The molecule has 2 atom stereocenters. The van der Waals surface area contributed by atoms with Crippen LogP contribution in [0.3, 0.4) is 0 Å². The monoisotopic (exact) mass is 258 g/mol. The van der Waals surface area contributed by atoms with Crippen LogP contribution in [0.4, 0.5) is 4.79 Å². The average molecular weight is 258 g/mol. The van der Waals surface area contributed by atoms with Crippen molar-refractivity contribution in [2.75, 3.05) is 19.6 Å². The van der Waals surface area contributed by atoms with Gasteiger partial charge in [-0.05, 0) is 25.2 Å². The van der Waals surface area contributed by atoms with Crippen molar-refractivity contribution < 1.29 is 19.8 Å². The summed E-state index contributed by atoms with van der Waals surface area (Å²) < 4.78 is 0. The fourth-order valence-electron chi connectivity index (χ4n) is 2.03. The van der Waals surface area contributed by atoms with Gasteiger partial charge < -0.3 is 20.4 Å². The lowest BCUT2D eigenvalue weighted by molar-refractivity contribution is -0.137. The fourth-order valence-corrected chi connectivity index (χ4v) is 2.03. The summed E-state index contributed by atoms with van der Waals surface area (Å²) in [6.45, 7) is 3.57. The van der Waals surface area contributed by atoms with Crippen molar-refractivity contribution in [1.82, 2.24) is 10.2 Å². The number of carboxylic acids is 1. The number of piperidine rings is 1. The van der Waals surface area contributed by atoms with Gasteiger partial charge in [0.1, 0.15) is 0 Å². The van der Waals surface area contributed by atoms with Crippen LogP contribution in [0, 0.1) is 5.92 Å². The molecule has 2 amide bonds. The van der Waals surface area contributed by atoms with E-state index in [0.717, 1.165) is 0 Å². The first-order valence-corrected chi connectivity index (χ1v) is 6.43. The highest BCUT2D eigenvalue weighted by Gasteiger charge is 2.26. The van der Waals surface area contributed by atoms with Gasteiger partial charge in [-0.15, -0.1) is 0 Å². The molecule has 0 aliphatic carbocycles. The number of urea groups is 1. The molecule has 0 aromatic heterocycles. The van der Waals surface area contributed by atoms with Crippen molar-refractivity contribution in [2.45, 2.75) is 38.7 Å². The first kappa shape index (κ1) is 14.8.